The normalized spacial score (nSPS) is 21.6. The maximum Gasteiger partial charge on any atom is 0.293 e. The van der Waals surface area contributed by atoms with Gasteiger partial charge in [0.1, 0.15) is 5.69 Å². The number of nitro groups is 1. The van der Waals surface area contributed by atoms with E-state index in [9.17, 15) is 14.9 Å². The van der Waals surface area contributed by atoms with E-state index in [4.69, 9.17) is 0 Å². The van der Waals surface area contributed by atoms with Gasteiger partial charge in [-0.2, -0.15) is 0 Å². The fourth-order valence-corrected chi connectivity index (χ4v) is 2.82. The molecule has 1 amide bonds. The second kappa shape index (κ2) is 6.56. The molecule has 1 aliphatic rings. The minimum Gasteiger partial charge on any atom is -0.383 e. The summed E-state index contributed by atoms with van der Waals surface area (Å²) < 4.78 is 0. The van der Waals surface area contributed by atoms with Gasteiger partial charge in [-0.3, -0.25) is 14.9 Å². The van der Waals surface area contributed by atoms with Crippen molar-refractivity contribution in [2.24, 2.45) is 5.92 Å². The summed E-state index contributed by atoms with van der Waals surface area (Å²) in [6.45, 7) is 2.14. The highest BCUT2D eigenvalue weighted by Crippen LogP contribution is 2.26. The number of carbonyl (C=O) groups is 1. The first kappa shape index (κ1) is 15.3. The van der Waals surface area contributed by atoms with E-state index in [0.29, 0.717) is 17.2 Å². The van der Waals surface area contributed by atoms with Crippen molar-refractivity contribution in [2.75, 3.05) is 12.4 Å². The third-order valence-corrected chi connectivity index (χ3v) is 4.15. The zero-order valence-electron chi connectivity index (χ0n) is 12.4. The van der Waals surface area contributed by atoms with E-state index in [1.807, 2.05) is 0 Å². The highest BCUT2D eigenvalue weighted by Gasteiger charge is 2.24. The first-order valence-electron chi connectivity index (χ1n) is 7.30. The van der Waals surface area contributed by atoms with Crippen molar-refractivity contribution in [2.45, 2.75) is 38.6 Å². The van der Waals surface area contributed by atoms with Gasteiger partial charge in [0.15, 0.2) is 0 Å². The zero-order valence-corrected chi connectivity index (χ0v) is 12.4. The molecule has 0 radical (unpaired) electrons. The summed E-state index contributed by atoms with van der Waals surface area (Å²) in [5.41, 5.74) is 0.655. The molecule has 0 aliphatic heterocycles. The third-order valence-electron chi connectivity index (χ3n) is 4.15. The lowest BCUT2D eigenvalue weighted by molar-refractivity contribution is -0.384. The number of rotatable bonds is 4. The maximum atomic E-state index is 12.3. The zero-order chi connectivity index (χ0) is 15.4. The number of nitro benzene ring substituents is 1. The Kier molecular flexibility index (Phi) is 4.77. The topological polar surface area (TPSA) is 84.3 Å². The standard InChI is InChI=1S/C15H21N3O3/c1-10-5-3-4-6-12(10)17-15(19)11-7-8-13(16-2)14(9-11)18(20)21/h7-10,12,16H,3-6H2,1-2H3,(H,17,19)/t10-,12-/m1/s1. The van der Waals surface area contributed by atoms with Gasteiger partial charge in [0, 0.05) is 24.7 Å². The molecule has 1 fully saturated rings. The quantitative estimate of drug-likeness (QED) is 0.660. The van der Waals surface area contributed by atoms with Crippen molar-refractivity contribution < 1.29 is 9.72 Å². The van der Waals surface area contributed by atoms with E-state index in [-0.39, 0.29) is 17.6 Å². The Morgan fingerprint density at radius 3 is 2.67 bits per heavy atom. The number of hydrogen-bond donors (Lipinski definition) is 2. The number of benzene rings is 1. The molecule has 1 aliphatic carbocycles. The molecule has 2 atom stereocenters. The van der Waals surface area contributed by atoms with Crippen LogP contribution < -0.4 is 10.6 Å². The molecule has 1 aromatic rings. The summed E-state index contributed by atoms with van der Waals surface area (Å²) in [6, 6.07) is 4.67. The van der Waals surface area contributed by atoms with Gasteiger partial charge in [-0.1, -0.05) is 19.8 Å². The minimum absolute atomic E-state index is 0.0816. The van der Waals surface area contributed by atoms with Crippen molar-refractivity contribution in [3.8, 4) is 0 Å². The molecule has 0 spiro atoms. The molecule has 1 aromatic carbocycles. The lowest BCUT2D eigenvalue weighted by Crippen LogP contribution is -2.41. The van der Waals surface area contributed by atoms with Gasteiger partial charge in [-0.15, -0.1) is 0 Å². The average Bonchev–Trinajstić information content (AvgIpc) is 2.48. The molecule has 21 heavy (non-hydrogen) atoms. The van der Waals surface area contributed by atoms with Gasteiger partial charge in [-0.25, -0.2) is 0 Å². The molecule has 2 N–H and O–H groups in total. The molecular formula is C15H21N3O3. The molecule has 2 rings (SSSR count). The van der Waals surface area contributed by atoms with E-state index in [1.165, 1.54) is 12.5 Å². The molecule has 0 aromatic heterocycles. The van der Waals surface area contributed by atoms with Crippen LogP contribution in [-0.2, 0) is 0 Å². The van der Waals surface area contributed by atoms with Crippen LogP contribution in [0.25, 0.3) is 0 Å². The molecule has 0 heterocycles. The molecule has 0 saturated heterocycles. The van der Waals surface area contributed by atoms with Crippen LogP contribution in [0.4, 0.5) is 11.4 Å². The van der Waals surface area contributed by atoms with Crippen LogP contribution in [0.2, 0.25) is 0 Å². The van der Waals surface area contributed by atoms with Crippen molar-refractivity contribution in [1.29, 1.82) is 0 Å². The van der Waals surface area contributed by atoms with Crippen LogP contribution in [0.15, 0.2) is 18.2 Å². The SMILES string of the molecule is CNc1ccc(C(=O)N[C@@H]2CCCC[C@H]2C)cc1[N+](=O)[O-]. The van der Waals surface area contributed by atoms with Gasteiger partial charge in [-0.05, 0) is 30.9 Å². The Morgan fingerprint density at radius 2 is 2.05 bits per heavy atom. The summed E-state index contributed by atoms with van der Waals surface area (Å²) in [7, 11) is 1.62. The Bertz CT molecular complexity index is 545. The number of amides is 1. The smallest absolute Gasteiger partial charge is 0.293 e. The molecule has 114 valence electrons. The second-order valence-corrected chi connectivity index (χ2v) is 5.58. The Balaban J connectivity index is 2.15. The molecule has 6 nitrogen and oxygen atoms in total. The Labute approximate surface area is 124 Å². The average molecular weight is 291 g/mol. The summed E-state index contributed by atoms with van der Waals surface area (Å²) in [4.78, 5) is 22.8. The van der Waals surface area contributed by atoms with Crippen LogP contribution in [0.1, 0.15) is 43.0 Å². The third kappa shape index (κ3) is 3.51. The number of nitrogens with zero attached hydrogens (tertiary/aromatic N) is 1. The fourth-order valence-electron chi connectivity index (χ4n) is 2.82. The summed E-state index contributed by atoms with van der Waals surface area (Å²) in [5, 5.41) is 16.8. The highest BCUT2D eigenvalue weighted by atomic mass is 16.6. The van der Waals surface area contributed by atoms with Gasteiger partial charge in [0.05, 0.1) is 4.92 Å². The van der Waals surface area contributed by atoms with Crippen LogP contribution in [0.5, 0.6) is 0 Å². The van der Waals surface area contributed by atoms with E-state index in [2.05, 4.69) is 17.6 Å². The van der Waals surface area contributed by atoms with Crippen molar-refractivity contribution in [1.82, 2.24) is 5.32 Å². The van der Waals surface area contributed by atoms with Gasteiger partial charge in [0.2, 0.25) is 0 Å². The molecule has 6 heteroatoms. The Hall–Kier alpha value is -2.11. The fraction of sp³-hybridized carbons (Fsp3) is 0.533. The number of nitrogens with one attached hydrogen (secondary N) is 2. The van der Waals surface area contributed by atoms with Crippen molar-refractivity contribution in [3.05, 3.63) is 33.9 Å². The van der Waals surface area contributed by atoms with Gasteiger partial charge in [0.25, 0.3) is 11.6 Å². The predicted octanol–water partition coefficient (Wildman–Crippen LogP) is 2.95. The molecular weight excluding hydrogens is 270 g/mol. The van der Waals surface area contributed by atoms with Gasteiger partial charge >= 0.3 is 0 Å². The minimum atomic E-state index is -0.480. The number of carbonyl (C=O) groups excluding carboxylic acids is 1. The van der Waals surface area contributed by atoms with Crippen LogP contribution in [0, 0.1) is 16.0 Å². The molecule has 0 bridgehead atoms. The Morgan fingerprint density at radius 1 is 1.33 bits per heavy atom. The summed E-state index contributed by atoms with van der Waals surface area (Å²) in [6.07, 6.45) is 4.41. The van der Waals surface area contributed by atoms with Crippen LogP contribution >= 0.6 is 0 Å². The van der Waals surface area contributed by atoms with Gasteiger partial charge < -0.3 is 10.6 Å². The lowest BCUT2D eigenvalue weighted by atomic mass is 9.86. The first-order valence-corrected chi connectivity index (χ1v) is 7.30. The molecule has 1 saturated carbocycles. The number of anilines is 1. The first-order chi connectivity index (χ1) is 10.0. The lowest BCUT2D eigenvalue weighted by Gasteiger charge is -2.29. The highest BCUT2D eigenvalue weighted by molar-refractivity contribution is 5.95. The second-order valence-electron chi connectivity index (χ2n) is 5.58. The van der Waals surface area contributed by atoms with Crippen molar-refractivity contribution >= 4 is 17.3 Å². The van der Waals surface area contributed by atoms with E-state index in [1.54, 1.807) is 19.2 Å². The van der Waals surface area contributed by atoms with E-state index in [0.717, 1.165) is 19.3 Å². The van der Waals surface area contributed by atoms with E-state index < -0.39 is 4.92 Å². The maximum absolute atomic E-state index is 12.3. The summed E-state index contributed by atoms with van der Waals surface area (Å²) >= 11 is 0. The largest absolute Gasteiger partial charge is 0.383 e. The number of hydrogen-bond acceptors (Lipinski definition) is 4. The predicted molar refractivity (Wildman–Crippen MR) is 81.5 cm³/mol. The van der Waals surface area contributed by atoms with Crippen molar-refractivity contribution in [3.63, 3.8) is 0 Å². The summed E-state index contributed by atoms with van der Waals surface area (Å²) in [5.74, 6) is 0.216. The van der Waals surface area contributed by atoms with E-state index >= 15 is 0 Å². The van der Waals surface area contributed by atoms with Crippen LogP contribution in [0.3, 0.4) is 0 Å². The molecule has 0 unspecified atom stereocenters. The van der Waals surface area contributed by atoms with Crippen LogP contribution in [-0.4, -0.2) is 23.9 Å². The monoisotopic (exact) mass is 291 g/mol.